The fourth-order valence-corrected chi connectivity index (χ4v) is 5.20. The highest BCUT2D eigenvalue weighted by atomic mass is 16.2. The van der Waals surface area contributed by atoms with Gasteiger partial charge >= 0.3 is 11.1 Å². The van der Waals surface area contributed by atoms with E-state index in [1.165, 1.54) is 21.4 Å². The van der Waals surface area contributed by atoms with Crippen LogP contribution in [0, 0.1) is 26.7 Å². The largest absolute Gasteiger partial charge is 0.332 e. The Kier molecular flexibility index (Phi) is 4.89. The van der Waals surface area contributed by atoms with E-state index in [1.54, 1.807) is 4.57 Å². The van der Waals surface area contributed by atoms with Crippen molar-refractivity contribution < 1.29 is 0 Å². The standard InChI is InChI=1S/C25H28N4O2/c1-16-4-6-19(7-5-16)12-29-25(31)24(30)28-14-21-13-27(15-22(21)23(28)26-29)11-20-9-17(2)8-18(3)10-20/h4-10,21-22H,11-15H2,1-3H3. The molecule has 3 aromatic rings. The average Bonchev–Trinajstić information content (AvgIpc) is 3.25. The van der Waals surface area contributed by atoms with Gasteiger partial charge in [-0.2, -0.15) is 5.10 Å². The lowest BCUT2D eigenvalue weighted by molar-refractivity contribution is 0.303. The van der Waals surface area contributed by atoms with E-state index in [0.717, 1.165) is 36.6 Å². The molecule has 2 atom stereocenters. The lowest BCUT2D eigenvalue weighted by Crippen LogP contribution is -2.44. The van der Waals surface area contributed by atoms with Gasteiger partial charge in [0, 0.05) is 38.0 Å². The molecule has 2 aliphatic rings. The maximum Gasteiger partial charge on any atom is 0.332 e. The fourth-order valence-electron chi connectivity index (χ4n) is 5.20. The molecule has 0 saturated carbocycles. The van der Waals surface area contributed by atoms with Gasteiger partial charge in [0.2, 0.25) is 0 Å². The first-order valence-corrected chi connectivity index (χ1v) is 10.9. The van der Waals surface area contributed by atoms with Gasteiger partial charge in [0.1, 0.15) is 5.82 Å². The van der Waals surface area contributed by atoms with Gasteiger partial charge in [-0.3, -0.25) is 19.1 Å². The molecule has 2 aromatic carbocycles. The lowest BCUT2D eigenvalue weighted by Gasteiger charge is -2.18. The molecule has 0 aliphatic carbocycles. The van der Waals surface area contributed by atoms with E-state index in [2.05, 4.69) is 42.0 Å². The maximum atomic E-state index is 12.8. The van der Waals surface area contributed by atoms with Crippen LogP contribution in [0.5, 0.6) is 0 Å². The van der Waals surface area contributed by atoms with Gasteiger partial charge in [-0.05, 0) is 31.9 Å². The van der Waals surface area contributed by atoms with Crippen molar-refractivity contribution in [2.24, 2.45) is 5.92 Å². The molecule has 6 nitrogen and oxygen atoms in total. The van der Waals surface area contributed by atoms with Crippen molar-refractivity contribution in [2.75, 3.05) is 13.1 Å². The van der Waals surface area contributed by atoms with E-state index < -0.39 is 11.1 Å². The van der Waals surface area contributed by atoms with Crippen LogP contribution in [-0.4, -0.2) is 32.3 Å². The third kappa shape index (κ3) is 3.76. The third-order valence-corrected chi connectivity index (χ3v) is 6.57. The monoisotopic (exact) mass is 416 g/mol. The Balaban J connectivity index is 1.40. The smallest absolute Gasteiger partial charge is 0.298 e. The molecule has 0 radical (unpaired) electrons. The van der Waals surface area contributed by atoms with Crippen LogP contribution in [0.2, 0.25) is 0 Å². The number of benzene rings is 2. The summed E-state index contributed by atoms with van der Waals surface area (Å²) in [5.41, 5.74) is 5.06. The molecular weight excluding hydrogens is 388 g/mol. The molecule has 2 aliphatic heterocycles. The zero-order valence-electron chi connectivity index (χ0n) is 18.3. The number of nitrogens with zero attached hydrogens (tertiary/aromatic N) is 4. The third-order valence-electron chi connectivity index (χ3n) is 6.57. The molecule has 31 heavy (non-hydrogen) atoms. The molecule has 0 spiro atoms. The molecule has 2 unspecified atom stereocenters. The number of hydrogen-bond donors (Lipinski definition) is 0. The molecule has 6 heteroatoms. The highest BCUT2D eigenvalue weighted by molar-refractivity contribution is 5.29. The zero-order chi connectivity index (χ0) is 21.7. The molecule has 5 rings (SSSR count). The van der Waals surface area contributed by atoms with E-state index in [4.69, 9.17) is 0 Å². The van der Waals surface area contributed by atoms with Crippen LogP contribution in [0.25, 0.3) is 0 Å². The molecule has 0 bridgehead atoms. The average molecular weight is 417 g/mol. The Morgan fingerprint density at radius 2 is 1.52 bits per heavy atom. The number of rotatable bonds is 4. The van der Waals surface area contributed by atoms with E-state index in [0.29, 0.717) is 19.0 Å². The van der Waals surface area contributed by atoms with E-state index in [1.807, 2.05) is 31.2 Å². The second-order valence-electron chi connectivity index (χ2n) is 9.28. The van der Waals surface area contributed by atoms with Crippen LogP contribution in [0.1, 0.15) is 39.6 Å². The normalized spacial score (nSPS) is 20.1. The van der Waals surface area contributed by atoms with Crippen LogP contribution < -0.4 is 11.1 Å². The highest BCUT2D eigenvalue weighted by Gasteiger charge is 2.42. The van der Waals surface area contributed by atoms with Crippen molar-refractivity contribution in [1.29, 1.82) is 0 Å². The van der Waals surface area contributed by atoms with Crippen LogP contribution in [0.15, 0.2) is 52.1 Å². The molecule has 160 valence electrons. The SMILES string of the molecule is Cc1ccc(Cn2nc3n(c(=O)c2=O)CC2CN(Cc4cc(C)cc(C)c4)CC32)cc1. The summed E-state index contributed by atoms with van der Waals surface area (Å²) in [6.07, 6.45) is 0. The summed E-state index contributed by atoms with van der Waals surface area (Å²) >= 11 is 0. The summed E-state index contributed by atoms with van der Waals surface area (Å²) in [5.74, 6) is 1.30. The van der Waals surface area contributed by atoms with Crippen molar-refractivity contribution >= 4 is 0 Å². The Morgan fingerprint density at radius 1 is 0.806 bits per heavy atom. The molecule has 3 heterocycles. The van der Waals surface area contributed by atoms with Gasteiger partial charge in [0.25, 0.3) is 0 Å². The van der Waals surface area contributed by atoms with Gasteiger partial charge < -0.3 is 0 Å². The van der Waals surface area contributed by atoms with Crippen molar-refractivity contribution in [2.45, 2.75) is 46.3 Å². The first kappa shape index (κ1) is 19.9. The number of hydrogen-bond acceptors (Lipinski definition) is 4. The molecule has 0 N–H and O–H groups in total. The molecule has 1 aromatic heterocycles. The maximum absolute atomic E-state index is 12.8. The lowest BCUT2D eigenvalue weighted by atomic mass is 10.00. The second-order valence-corrected chi connectivity index (χ2v) is 9.28. The van der Waals surface area contributed by atoms with Crippen LogP contribution in [0.4, 0.5) is 0 Å². The van der Waals surface area contributed by atoms with Crippen molar-refractivity contribution in [3.8, 4) is 0 Å². The van der Waals surface area contributed by atoms with Gasteiger partial charge in [-0.1, -0.05) is 59.2 Å². The van der Waals surface area contributed by atoms with Crippen LogP contribution in [0.3, 0.4) is 0 Å². The Labute approximate surface area is 181 Å². The zero-order valence-corrected chi connectivity index (χ0v) is 18.3. The van der Waals surface area contributed by atoms with Crippen molar-refractivity contribution in [3.63, 3.8) is 0 Å². The van der Waals surface area contributed by atoms with Crippen molar-refractivity contribution in [3.05, 3.63) is 96.8 Å². The van der Waals surface area contributed by atoms with E-state index >= 15 is 0 Å². The summed E-state index contributed by atoms with van der Waals surface area (Å²) in [6.45, 7) is 9.91. The Hall–Kier alpha value is -2.99. The van der Waals surface area contributed by atoms with Gasteiger partial charge in [0.05, 0.1) is 6.54 Å². The first-order chi connectivity index (χ1) is 14.9. The van der Waals surface area contributed by atoms with Gasteiger partial charge in [-0.15, -0.1) is 0 Å². The number of fused-ring (bicyclic) bond motifs is 3. The minimum Gasteiger partial charge on any atom is -0.298 e. The summed E-state index contributed by atoms with van der Waals surface area (Å²) in [4.78, 5) is 27.9. The number of aryl methyl sites for hydroxylation is 3. The second kappa shape index (κ2) is 7.61. The summed E-state index contributed by atoms with van der Waals surface area (Å²) in [6, 6.07) is 14.7. The number of aromatic nitrogens is 3. The first-order valence-electron chi connectivity index (χ1n) is 10.9. The molecule has 0 amide bonds. The topological polar surface area (TPSA) is 60.1 Å². The minimum absolute atomic E-state index is 0.198. The Bertz CT molecular complexity index is 1240. The number of likely N-dealkylation sites (tertiary alicyclic amines) is 1. The quantitative estimate of drug-likeness (QED) is 0.614. The minimum atomic E-state index is -0.531. The van der Waals surface area contributed by atoms with E-state index in [9.17, 15) is 9.59 Å². The molecule has 1 fully saturated rings. The van der Waals surface area contributed by atoms with Gasteiger partial charge in [0.15, 0.2) is 0 Å². The predicted octanol–water partition coefficient (Wildman–Crippen LogP) is 2.61. The molecule has 1 saturated heterocycles. The molecular formula is C25H28N4O2. The summed E-state index contributed by atoms with van der Waals surface area (Å²) in [5, 5.41) is 4.68. The van der Waals surface area contributed by atoms with Crippen LogP contribution >= 0.6 is 0 Å². The van der Waals surface area contributed by atoms with Gasteiger partial charge in [-0.25, -0.2) is 4.68 Å². The van der Waals surface area contributed by atoms with E-state index in [-0.39, 0.29) is 5.92 Å². The summed E-state index contributed by atoms with van der Waals surface area (Å²) < 4.78 is 2.98. The fraction of sp³-hybridized carbons (Fsp3) is 0.400. The summed E-state index contributed by atoms with van der Waals surface area (Å²) in [7, 11) is 0. The Morgan fingerprint density at radius 3 is 2.23 bits per heavy atom. The highest BCUT2D eigenvalue weighted by Crippen LogP contribution is 2.37. The van der Waals surface area contributed by atoms with Crippen molar-refractivity contribution in [1.82, 2.24) is 19.2 Å². The predicted molar refractivity (Wildman–Crippen MR) is 120 cm³/mol. The van der Waals surface area contributed by atoms with Crippen LogP contribution in [-0.2, 0) is 19.6 Å².